The Morgan fingerprint density at radius 1 is 1.42 bits per heavy atom. The zero-order valence-electron chi connectivity index (χ0n) is 15.0. The van der Waals surface area contributed by atoms with Crippen molar-refractivity contribution in [3.05, 3.63) is 38.9 Å². The Morgan fingerprint density at radius 2 is 2.23 bits per heavy atom. The highest BCUT2D eigenvalue weighted by molar-refractivity contribution is 7.71. The molecule has 0 unspecified atom stereocenters. The van der Waals surface area contributed by atoms with Gasteiger partial charge in [-0.05, 0) is 68.9 Å². The number of aliphatic hydroxyl groups is 1. The van der Waals surface area contributed by atoms with Crippen LogP contribution >= 0.6 is 12.2 Å². The molecule has 1 saturated carbocycles. The predicted octanol–water partition coefficient (Wildman–Crippen LogP) is 2.75. The molecule has 140 valence electrons. The second kappa shape index (κ2) is 8.14. The number of rotatable bonds is 6. The number of nitrogens with zero attached hydrogens (tertiary/aromatic N) is 1. The number of aliphatic hydroxyl groups excluding tert-OH is 1. The minimum absolute atomic E-state index is 0.145. The maximum Gasteiger partial charge on any atom is 0.262 e. The summed E-state index contributed by atoms with van der Waals surface area (Å²) in [6.45, 7) is 2.94. The van der Waals surface area contributed by atoms with Crippen LogP contribution in [0.15, 0.2) is 23.0 Å². The molecule has 1 aliphatic rings. The van der Waals surface area contributed by atoms with Gasteiger partial charge in [0.15, 0.2) is 4.77 Å². The van der Waals surface area contributed by atoms with Gasteiger partial charge in [-0.3, -0.25) is 14.2 Å². The van der Waals surface area contributed by atoms with Gasteiger partial charge >= 0.3 is 0 Å². The van der Waals surface area contributed by atoms with Gasteiger partial charge in [0.05, 0.1) is 17.0 Å². The quantitative estimate of drug-likeness (QED) is 0.535. The van der Waals surface area contributed by atoms with E-state index < -0.39 is 0 Å². The Morgan fingerprint density at radius 3 is 2.92 bits per heavy atom. The molecular formula is C19H25N3O3S. The standard InChI is InChI=1S/C19H25N3O3S/c1-2-22-18(25)14-9-8-13(11-15(14)21-19(22)26)17(24)20-10-4-6-12-5-3-7-16(12)23/h8-9,11-12,16,23H,2-7,10H2,1H3,(H,20,24)(H,21,26)/t12-,16+/m0/s1. The van der Waals surface area contributed by atoms with Crippen molar-refractivity contribution in [1.82, 2.24) is 14.9 Å². The summed E-state index contributed by atoms with van der Waals surface area (Å²) in [5.74, 6) is 0.200. The number of carbonyl (C=O) groups is 1. The average molecular weight is 375 g/mol. The number of aromatic nitrogens is 2. The summed E-state index contributed by atoms with van der Waals surface area (Å²) < 4.78 is 1.85. The van der Waals surface area contributed by atoms with E-state index in [2.05, 4.69) is 10.3 Å². The lowest BCUT2D eigenvalue weighted by Crippen LogP contribution is -2.26. The average Bonchev–Trinajstić information content (AvgIpc) is 3.03. The zero-order valence-corrected chi connectivity index (χ0v) is 15.8. The van der Waals surface area contributed by atoms with Gasteiger partial charge in [-0.2, -0.15) is 0 Å². The van der Waals surface area contributed by atoms with Crippen LogP contribution in [0.3, 0.4) is 0 Å². The summed E-state index contributed by atoms with van der Waals surface area (Å²) in [6.07, 6.45) is 4.68. The number of benzene rings is 1. The molecular weight excluding hydrogens is 350 g/mol. The number of hydrogen-bond donors (Lipinski definition) is 3. The molecule has 1 amide bonds. The van der Waals surface area contributed by atoms with Crippen molar-refractivity contribution < 1.29 is 9.90 Å². The molecule has 1 fully saturated rings. The lowest BCUT2D eigenvalue weighted by molar-refractivity contribution is 0.0950. The second-order valence-corrected chi connectivity index (χ2v) is 7.28. The molecule has 2 atom stereocenters. The molecule has 2 aromatic rings. The number of nitrogens with one attached hydrogen (secondary N) is 2. The van der Waals surface area contributed by atoms with Crippen molar-refractivity contribution in [2.75, 3.05) is 6.54 Å². The van der Waals surface area contributed by atoms with Crippen molar-refractivity contribution in [3.8, 4) is 0 Å². The normalized spacial score (nSPS) is 19.8. The molecule has 1 aromatic carbocycles. The molecule has 6 nitrogen and oxygen atoms in total. The first-order valence-corrected chi connectivity index (χ1v) is 9.65. The molecule has 0 bridgehead atoms. The molecule has 0 saturated heterocycles. The van der Waals surface area contributed by atoms with Crippen molar-refractivity contribution >= 4 is 29.0 Å². The molecule has 26 heavy (non-hydrogen) atoms. The molecule has 0 aliphatic heterocycles. The van der Waals surface area contributed by atoms with Gasteiger partial charge in [0.2, 0.25) is 0 Å². The summed E-state index contributed by atoms with van der Waals surface area (Å²) in [5.41, 5.74) is 0.928. The Kier molecular flexibility index (Phi) is 5.88. The van der Waals surface area contributed by atoms with E-state index in [9.17, 15) is 14.7 Å². The topological polar surface area (TPSA) is 87.1 Å². The largest absolute Gasteiger partial charge is 0.393 e. The van der Waals surface area contributed by atoms with Crippen molar-refractivity contribution in [3.63, 3.8) is 0 Å². The van der Waals surface area contributed by atoms with E-state index in [-0.39, 0.29) is 17.6 Å². The van der Waals surface area contributed by atoms with Gasteiger partial charge in [0.25, 0.3) is 11.5 Å². The van der Waals surface area contributed by atoms with Gasteiger partial charge in [-0.25, -0.2) is 0 Å². The van der Waals surface area contributed by atoms with Crippen LogP contribution in [0, 0.1) is 10.7 Å². The van der Waals surface area contributed by atoms with Crippen LogP contribution in [0.1, 0.15) is 49.4 Å². The van der Waals surface area contributed by atoms with E-state index in [1.807, 2.05) is 6.92 Å². The smallest absolute Gasteiger partial charge is 0.262 e. The SMILES string of the molecule is CCn1c(=S)[nH]c2cc(C(=O)NCCC[C@@H]3CCC[C@H]3O)ccc2c1=O. The number of amides is 1. The van der Waals surface area contributed by atoms with E-state index in [0.717, 1.165) is 32.1 Å². The number of aromatic amines is 1. The summed E-state index contributed by atoms with van der Waals surface area (Å²) in [5, 5.41) is 13.3. The Labute approximate surface area is 157 Å². The van der Waals surface area contributed by atoms with Crippen molar-refractivity contribution in [2.45, 2.75) is 51.7 Å². The molecule has 0 spiro atoms. The number of hydrogen-bond acceptors (Lipinski definition) is 4. The van der Waals surface area contributed by atoms with Crippen LogP contribution < -0.4 is 10.9 Å². The van der Waals surface area contributed by atoms with Gasteiger partial charge in [-0.1, -0.05) is 6.42 Å². The first kappa shape index (κ1) is 18.8. The van der Waals surface area contributed by atoms with Gasteiger partial charge < -0.3 is 15.4 Å². The number of fused-ring (bicyclic) bond motifs is 1. The maximum atomic E-state index is 12.4. The molecule has 1 heterocycles. The first-order valence-electron chi connectivity index (χ1n) is 9.24. The Balaban J connectivity index is 1.65. The highest BCUT2D eigenvalue weighted by Crippen LogP contribution is 2.28. The Bertz CT molecular complexity index is 918. The van der Waals surface area contributed by atoms with Crippen molar-refractivity contribution in [1.29, 1.82) is 0 Å². The number of carbonyl (C=O) groups excluding carboxylic acids is 1. The van der Waals surface area contributed by atoms with Crippen LogP contribution in [0.25, 0.3) is 10.9 Å². The van der Waals surface area contributed by atoms with E-state index in [0.29, 0.717) is 40.2 Å². The summed E-state index contributed by atoms with van der Waals surface area (Å²) in [7, 11) is 0. The highest BCUT2D eigenvalue weighted by Gasteiger charge is 2.24. The summed E-state index contributed by atoms with van der Waals surface area (Å²) in [4.78, 5) is 27.8. The third-order valence-corrected chi connectivity index (χ3v) is 5.54. The fourth-order valence-corrected chi connectivity index (χ4v) is 4.03. The molecule has 7 heteroatoms. The molecule has 0 radical (unpaired) electrons. The van der Waals surface area contributed by atoms with E-state index >= 15 is 0 Å². The molecule has 3 rings (SSSR count). The molecule has 1 aromatic heterocycles. The third kappa shape index (κ3) is 3.88. The molecule has 3 N–H and O–H groups in total. The fourth-order valence-electron chi connectivity index (χ4n) is 3.71. The second-order valence-electron chi connectivity index (χ2n) is 6.90. The lowest BCUT2D eigenvalue weighted by Gasteiger charge is -2.14. The minimum atomic E-state index is -0.179. The van der Waals surface area contributed by atoms with E-state index in [4.69, 9.17) is 12.2 Å². The van der Waals surface area contributed by atoms with E-state index in [1.165, 1.54) is 4.57 Å². The zero-order chi connectivity index (χ0) is 18.7. The third-order valence-electron chi connectivity index (χ3n) is 5.22. The first-order chi connectivity index (χ1) is 12.5. The van der Waals surface area contributed by atoms with Gasteiger partial charge in [-0.15, -0.1) is 0 Å². The minimum Gasteiger partial charge on any atom is -0.393 e. The van der Waals surface area contributed by atoms with Crippen molar-refractivity contribution in [2.24, 2.45) is 5.92 Å². The maximum absolute atomic E-state index is 12.4. The fraction of sp³-hybridized carbons (Fsp3) is 0.526. The van der Waals surface area contributed by atoms with Crippen LogP contribution in [0.2, 0.25) is 0 Å². The van der Waals surface area contributed by atoms with E-state index in [1.54, 1.807) is 18.2 Å². The van der Waals surface area contributed by atoms with Crippen LogP contribution in [0.4, 0.5) is 0 Å². The predicted molar refractivity (Wildman–Crippen MR) is 104 cm³/mol. The van der Waals surface area contributed by atoms with Gasteiger partial charge in [0, 0.05) is 18.7 Å². The highest BCUT2D eigenvalue weighted by atomic mass is 32.1. The van der Waals surface area contributed by atoms with Crippen LogP contribution in [-0.4, -0.2) is 33.2 Å². The van der Waals surface area contributed by atoms with Crippen LogP contribution in [-0.2, 0) is 6.54 Å². The Hall–Kier alpha value is -1.99. The lowest BCUT2D eigenvalue weighted by atomic mass is 10.00. The molecule has 1 aliphatic carbocycles. The summed E-state index contributed by atoms with van der Waals surface area (Å²) >= 11 is 5.21. The monoisotopic (exact) mass is 375 g/mol. The van der Waals surface area contributed by atoms with Crippen LogP contribution in [0.5, 0.6) is 0 Å². The number of H-pyrrole nitrogens is 1. The summed E-state index contributed by atoms with van der Waals surface area (Å²) in [6, 6.07) is 5.00. The van der Waals surface area contributed by atoms with Gasteiger partial charge in [0.1, 0.15) is 0 Å².